The number of Topliss-reactive ketones (excluding diaryl/α,β-unsaturated/α-hetero) is 1. The van der Waals surface area contributed by atoms with Gasteiger partial charge in [0.05, 0.1) is 18.2 Å². The van der Waals surface area contributed by atoms with Gasteiger partial charge in [-0.1, -0.05) is 42.5 Å². The average molecular weight is 476 g/mol. The molecule has 1 atom stereocenters. The molecule has 0 bridgehead atoms. The molecular weight excluding hydrogens is 449 g/mol. The molecule has 1 aliphatic rings. The van der Waals surface area contributed by atoms with Gasteiger partial charge in [-0.2, -0.15) is 0 Å². The minimum Gasteiger partial charge on any atom is -0.507 e. The molecule has 1 heterocycles. The van der Waals surface area contributed by atoms with Gasteiger partial charge < -0.3 is 19.5 Å². The minimum absolute atomic E-state index is 0.0428. The molecule has 0 saturated carbocycles. The number of methoxy groups -OCH3 is 1. The minimum atomic E-state index is -0.862. The third-order valence-electron chi connectivity index (χ3n) is 5.96. The van der Waals surface area contributed by atoms with Gasteiger partial charge in [0.25, 0.3) is 11.7 Å². The number of nitrogens with zero attached hydrogens (tertiary/aromatic N) is 1. The molecule has 1 amide bonds. The van der Waals surface area contributed by atoms with Crippen molar-refractivity contribution in [3.05, 3.63) is 106 Å². The van der Waals surface area contributed by atoms with E-state index in [2.05, 4.69) is 0 Å². The molecule has 0 radical (unpaired) electrons. The van der Waals surface area contributed by atoms with Crippen LogP contribution in [0.3, 0.4) is 0 Å². The van der Waals surface area contributed by atoms with Gasteiger partial charge in [-0.3, -0.25) is 9.59 Å². The maximum absolute atomic E-state index is 13.6. The van der Waals surface area contributed by atoms with Crippen LogP contribution in [0.2, 0.25) is 0 Å². The van der Waals surface area contributed by atoms with Crippen molar-refractivity contribution in [2.24, 2.45) is 0 Å². The number of halogens is 1. The van der Waals surface area contributed by atoms with Crippen LogP contribution in [0, 0.1) is 12.7 Å². The third kappa shape index (κ3) is 5.10. The Kier molecular flexibility index (Phi) is 7.27. The first-order chi connectivity index (χ1) is 16.9. The zero-order valence-corrected chi connectivity index (χ0v) is 19.5. The number of aryl methyl sites for hydroxylation is 1. The fraction of sp³-hybridized carbons (Fsp3) is 0.214. The van der Waals surface area contributed by atoms with E-state index in [1.54, 1.807) is 25.1 Å². The predicted molar refractivity (Wildman–Crippen MR) is 129 cm³/mol. The van der Waals surface area contributed by atoms with E-state index in [1.165, 1.54) is 36.3 Å². The number of carbonyl (C=O) groups is 2. The maximum Gasteiger partial charge on any atom is 0.295 e. The zero-order valence-electron chi connectivity index (χ0n) is 19.5. The molecule has 7 heteroatoms. The van der Waals surface area contributed by atoms with E-state index >= 15 is 0 Å². The zero-order chi connectivity index (χ0) is 24.9. The summed E-state index contributed by atoms with van der Waals surface area (Å²) >= 11 is 0. The lowest BCUT2D eigenvalue weighted by atomic mass is 9.94. The highest BCUT2D eigenvalue weighted by Gasteiger charge is 2.46. The lowest BCUT2D eigenvalue weighted by molar-refractivity contribution is -0.140. The van der Waals surface area contributed by atoms with Gasteiger partial charge in [0.1, 0.15) is 23.9 Å². The fourth-order valence-corrected chi connectivity index (χ4v) is 4.17. The van der Waals surface area contributed by atoms with Crippen molar-refractivity contribution in [1.29, 1.82) is 0 Å². The number of hydrogen-bond donors (Lipinski definition) is 1. The number of rotatable bonds is 8. The van der Waals surface area contributed by atoms with Crippen LogP contribution in [0.4, 0.5) is 4.39 Å². The fourth-order valence-electron chi connectivity index (χ4n) is 4.17. The molecule has 0 spiro atoms. The number of benzene rings is 3. The molecule has 1 saturated heterocycles. The summed E-state index contributed by atoms with van der Waals surface area (Å²) in [4.78, 5) is 27.2. The summed E-state index contributed by atoms with van der Waals surface area (Å²) in [5.41, 5.74) is 2.58. The molecule has 3 aromatic rings. The van der Waals surface area contributed by atoms with Gasteiger partial charge in [-0.15, -0.1) is 0 Å². The van der Waals surface area contributed by atoms with Crippen molar-refractivity contribution < 1.29 is 28.6 Å². The van der Waals surface area contributed by atoms with Crippen LogP contribution < -0.4 is 4.74 Å². The Balaban J connectivity index is 1.70. The lowest BCUT2D eigenvalue weighted by Gasteiger charge is -2.25. The Labute approximate surface area is 203 Å². The average Bonchev–Trinajstić information content (AvgIpc) is 3.12. The second-order valence-electron chi connectivity index (χ2n) is 8.29. The molecule has 0 aliphatic carbocycles. The predicted octanol–water partition coefficient (Wildman–Crippen LogP) is 4.78. The molecule has 6 nitrogen and oxygen atoms in total. The third-order valence-corrected chi connectivity index (χ3v) is 5.96. The van der Waals surface area contributed by atoms with Crippen molar-refractivity contribution in [2.45, 2.75) is 19.6 Å². The van der Waals surface area contributed by atoms with Crippen LogP contribution >= 0.6 is 0 Å². The number of carbonyl (C=O) groups excluding carboxylic acids is 2. The summed E-state index contributed by atoms with van der Waals surface area (Å²) in [7, 11) is 1.49. The van der Waals surface area contributed by atoms with Crippen LogP contribution in [0.15, 0.2) is 78.4 Å². The number of amides is 1. The van der Waals surface area contributed by atoms with Gasteiger partial charge >= 0.3 is 0 Å². The Bertz CT molecular complexity index is 1250. The topological polar surface area (TPSA) is 76.1 Å². The first-order valence-corrected chi connectivity index (χ1v) is 11.2. The summed E-state index contributed by atoms with van der Waals surface area (Å²) in [6.45, 7) is 2.53. The van der Waals surface area contributed by atoms with Crippen LogP contribution in [-0.4, -0.2) is 42.0 Å². The highest BCUT2D eigenvalue weighted by Crippen LogP contribution is 2.40. The Hall–Kier alpha value is -3.97. The van der Waals surface area contributed by atoms with E-state index < -0.39 is 23.5 Å². The summed E-state index contributed by atoms with van der Waals surface area (Å²) < 4.78 is 24.5. The van der Waals surface area contributed by atoms with Gasteiger partial charge in [-0.05, 0) is 53.9 Å². The number of ketones is 1. The van der Waals surface area contributed by atoms with Crippen molar-refractivity contribution in [1.82, 2.24) is 4.90 Å². The Morgan fingerprint density at radius 1 is 1.03 bits per heavy atom. The molecule has 1 N–H and O–H groups in total. The van der Waals surface area contributed by atoms with Crippen LogP contribution in [0.5, 0.6) is 5.75 Å². The van der Waals surface area contributed by atoms with Crippen molar-refractivity contribution in [3.63, 3.8) is 0 Å². The van der Waals surface area contributed by atoms with Crippen molar-refractivity contribution in [2.75, 3.05) is 20.3 Å². The van der Waals surface area contributed by atoms with Gasteiger partial charge in [0, 0.05) is 19.2 Å². The first-order valence-electron chi connectivity index (χ1n) is 11.2. The molecule has 35 heavy (non-hydrogen) atoms. The number of aliphatic hydroxyl groups excluding tert-OH is 1. The van der Waals surface area contributed by atoms with Gasteiger partial charge in [0.15, 0.2) is 0 Å². The van der Waals surface area contributed by atoms with Gasteiger partial charge in [-0.25, -0.2) is 4.39 Å². The van der Waals surface area contributed by atoms with E-state index in [4.69, 9.17) is 9.47 Å². The van der Waals surface area contributed by atoms with E-state index in [1.807, 2.05) is 30.3 Å². The van der Waals surface area contributed by atoms with E-state index in [-0.39, 0.29) is 24.5 Å². The normalized spacial score (nSPS) is 17.1. The smallest absolute Gasteiger partial charge is 0.295 e. The summed E-state index contributed by atoms with van der Waals surface area (Å²) in [6, 6.07) is 19.5. The van der Waals surface area contributed by atoms with E-state index in [0.717, 1.165) is 5.56 Å². The molecule has 180 valence electrons. The largest absolute Gasteiger partial charge is 0.507 e. The van der Waals surface area contributed by atoms with Crippen molar-refractivity contribution >= 4 is 17.4 Å². The maximum atomic E-state index is 13.6. The molecule has 4 rings (SSSR count). The van der Waals surface area contributed by atoms with Crippen molar-refractivity contribution in [3.8, 4) is 5.75 Å². The SMILES string of the molecule is COCCN1C(=O)C(=O)C(=C(O)c2ccc(OCc3ccccc3)cc2C)[C@@H]1c1ccc(F)cc1. The second kappa shape index (κ2) is 10.5. The quantitative estimate of drug-likeness (QED) is 0.288. The highest BCUT2D eigenvalue weighted by atomic mass is 19.1. The number of hydrogen-bond acceptors (Lipinski definition) is 5. The second-order valence-corrected chi connectivity index (χ2v) is 8.29. The highest BCUT2D eigenvalue weighted by molar-refractivity contribution is 6.46. The van der Waals surface area contributed by atoms with Crippen LogP contribution in [-0.2, 0) is 20.9 Å². The molecule has 0 aromatic heterocycles. The Morgan fingerprint density at radius 3 is 2.40 bits per heavy atom. The Morgan fingerprint density at radius 2 is 1.74 bits per heavy atom. The molecule has 3 aromatic carbocycles. The summed E-state index contributed by atoms with van der Waals surface area (Å²) in [5, 5.41) is 11.3. The molecular formula is C28H26FNO5. The first kappa shape index (κ1) is 24.2. The summed E-state index contributed by atoms with van der Waals surface area (Å²) in [5.74, 6) is -1.65. The standard InChI is InChI=1S/C28H26FNO5/c1-18-16-22(35-17-19-6-4-3-5-7-19)12-13-23(18)26(31)24-25(20-8-10-21(29)11-9-20)30(14-15-34-2)28(33)27(24)32/h3-13,16,25,31H,14-15,17H2,1-2H3/t25-/m0/s1. The monoisotopic (exact) mass is 475 g/mol. The lowest BCUT2D eigenvalue weighted by Crippen LogP contribution is -2.32. The van der Waals surface area contributed by atoms with E-state index in [0.29, 0.717) is 29.0 Å². The summed E-state index contributed by atoms with van der Waals surface area (Å²) in [6.07, 6.45) is 0. The van der Waals surface area contributed by atoms with Crippen LogP contribution in [0.1, 0.15) is 28.3 Å². The molecule has 1 fully saturated rings. The number of aliphatic hydroxyl groups is 1. The molecule has 1 aliphatic heterocycles. The number of likely N-dealkylation sites (tertiary alicyclic amines) is 1. The number of ether oxygens (including phenoxy) is 2. The van der Waals surface area contributed by atoms with E-state index in [9.17, 15) is 19.1 Å². The van der Waals surface area contributed by atoms with Gasteiger partial charge in [0.2, 0.25) is 0 Å². The van der Waals surface area contributed by atoms with Crippen LogP contribution in [0.25, 0.3) is 5.76 Å². The molecule has 0 unspecified atom stereocenters.